The van der Waals surface area contributed by atoms with Gasteiger partial charge in [-0.2, -0.15) is 5.10 Å². The van der Waals surface area contributed by atoms with Crippen LogP contribution in [0.2, 0.25) is 0 Å². The van der Waals surface area contributed by atoms with E-state index in [-0.39, 0.29) is 5.78 Å². The first-order valence-electron chi connectivity index (χ1n) is 5.50. The molecular weight excluding hydrogens is 206 g/mol. The summed E-state index contributed by atoms with van der Waals surface area (Å²) in [6, 6.07) is 0. The molecule has 0 amide bonds. The molecule has 0 saturated heterocycles. The van der Waals surface area contributed by atoms with Crippen molar-refractivity contribution in [1.82, 2.24) is 9.78 Å². The molecule has 0 aromatic carbocycles. The molecule has 16 heavy (non-hydrogen) atoms. The topological polar surface area (TPSA) is 70.1 Å². The maximum atomic E-state index is 11.9. The smallest absolute Gasteiger partial charge is 0.184 e. The fourth-order valence-electron chi connectivity index (χ4n) is 1.61. The minimum absolute atomic E-state index is 0.0777. The molecule has 0 aliphatic heterocycles. The molecule has 90 valence electrons. The van der Waals surface area contributed by atoms with Gasteiger partial charge in [-0.1, -0.05) is 6.42 Å². The molecule has 0 radical (unpaired) electrons. The van der Waals surface area contributed by atoms with Crippen molar-refractivity contribution < 1.29 is 9.53 Å². The summed E-state index contributed by atoms with van der Waals surface area (Å²) in [6.45, 7) is 0.684. The number of aromatic nitrogens is 2. The number of nitrogens with two attached hydrogens (primary N) is 1. The van der Waals surface area contributed by atoms with Gasteiger partial charge in [-0.3, -0.25) is 9.48 Å². The summed E-state index contributed by atoms with van der Waals surface area (Å²) in [5, 5.41) is 4.00. The summed E-state index contributed by atoms with van der Waals surface area (Å²) in [5.41, 5.74) is 5.94. The lowest BCUT2D eigenvalue weighted by molar-refractivity contribution is 0.0967. The normalized spacial score (nSPS) is 10.4. The first-order valence-corrected chi connectivity index (χ1v) is 5.50. The van der Waals surface area contributed by atoms with Gasteiger partial charge in [-0.15, -0.1) is 0 Å². The number of carbonyl (C=O) groups is 1. The summed E-state index contributed by atoms with van der Waals surface area (Å²) < 4.78 is 6.65. The van der Waals surface area contributed by atoms with Gasteiger partial charge in [0.05, 0.1) is 13.3 Å². The summed E-state index contributed by atoms with van der Waals surface area (Å²) in [7, 11) is 3.29. The number of hydrogen-bond donors (Lipinski definition) is 1. The number of ketones is 1. The number of ether oxygens (including phenoxy) is 1. The molecule has 0 fully saturated rings. The monoisotopic (exact) mass is 225 g/mol. The van der Waals surface area contributed by atoms with Crippen LogP contribution in [-0.2, 0) is 7.05 Å². The molecule has 1 aromatic heterocycles. The number of unbranched alkanes of at least 4 members (excludes halogenated alkanes) is 2. The Hall–Kier alpha value is -1.36. The predicted molar refractivity (Wildman–Crippen MR) is 61.6 cm³/mol. The van der Waals surface area contributed by atoms with Crippen LogP contribution in [0.4, 0.5) is 0 Å². The van der Waals surface area contributed by atoms with Gasteiger partial charge in [0.25, 0.3) is 0 Å². The Balaban J connectivity index is 2.55. The molecule has 0 atom stereocenters. The molecule has 1 aromatic rings. The standard InChI is InChI=1S/C11H19N3O2/c1-14-11(10(16-2)8-13-14)9(15)6-4-3-5-7-12/h8H,3-7,12H2,1-2H3. The van der Waals surface area contributed by atoms with Crippen molar-refractivity contribution >= 4 is 5.78 Å². The van der Waals surface area contributed by atoms with Crippen molar-refractivity contribution in [3.05, 3.63) is 11.9 Å². The Morgan fingerprint density at radius 1 is 1.50 bits per heavy atom. The molecule has 0 spiro atoms. The van der Waals surface area contributed by atoms with Crippen molar-refractivity contribution in [3.8, 4) is 5.75 Å². The van der Waals surface area contributed by atoms with Crippen LogP contribution in [0.1, 0.15) is 36.2 Å². The molecular formula is C11H19N3O2. The van der Waals surface area contributed by atoms with Crippen LogP contribution >= 0.6 is 0 Å². The quantitative estimate of drug-likeness (QED) is 0.558. The van der Waals surface area contributed by atoms with Gasteiger partial charge in [-0.05, 0) is 19.4 Å². The van der Waals surface area contributed by atoms with E-state index in [1.54, 1.807) is 25.0 Å². The van der Waals surface area contributed by atoms with Gasteiger partial charge in [0.15, 0.2) is 11.5 Å². The van der Waals surface area contributed by atoms with Gasteiger partial charge < -0.3 is 10.5 Å². The highest BCUT2D eigenvalue weighted by Crippen LogP contribution is 2.19. The van der Waals surface area contributed by atoms with Crippen LogP contribution in [-0.4, -0.2) is 29.2 Å². The number of methoxy groups -OCH3 is 1. The molecule has 2 N–H and O–H groups in total. The second-order valence-corrected chi connectivity index (χ2v) is 3.71. The van der Waals surface area contributed by atoms with Crippen molar-refractivity contribution in [3.63, 3.8) is 0 Å². The van der Waals surface area contributed by atoms with Crippen LogP contribution < -0.4 is 10.5 Å². The lowest BCUT2D eigenvalue weighted by Crippen LogP contribution is -2.08. The minimum atomic E-state index is 0.0777. The first kappa shape index (κ1) is 12.7. The number of nitrogens with zero attached hydrogens (tertiary/aromatic N) is 2. The molecule has 5 nitrogen and oxygen atoms in total. The summed E-state index contributed by atoms with van der Waals surface area (Å²) >= 11 is 0. The van der Waals surface area contributed by atoms with Crippen LogP contribution in [0.5, 0.6) is 5.75 Å². The third-order valence-corrected chi connectivity index (χ3v) is 2.50. The molecule has 0 aliphatic carbocycles. The van der Waals surface area contributed by atoms with E-state index in [0.29, 0.717) is 24.4 Å². The molecule has 0 unspecified atom stereocenters. The molecule has 0 bridgehead atoms. The van der Waals surface area contributed by atoms with E-state index >= 15 is 0 Å². The van der Waals surface area contributed by atoms with Crippen LogP contribution in [0.15, 0.2) is 6.20 Å². The summed E-state index contributed by atoms with van der Waals surface area (Å²) in [6.07, 6.45) is 4.91. The number of Topliss-reactive ketones (excluding diaryl/α,β-unsaturated/α-hetero) is 1. The van der Waals surface area contributed by atoms with E-state index in [4.69, 9.17) is 10.5 Å². The zero-order valence-corrected chi connectivity index (χ0v) is 9.90. The molecule has 1 rings (SSSR count). The second kappa shape index (κ2) is 6.27. The Labute approximate surface area is 95.6 Å². The molecule has 5 heteroatoms. The third kappa shape index (κ3) is 3.06. The fraction of sp³-hybridized carbons (Fsp3) is 0.636. The maximum Gasteiger partial charge on any atom is 0.184 e. The Morgan fingerprint density at radius 2 is 2.25 bits per heavy atom. The molecule has 0 saturated carbocycles. The maximum absolute atomic E-state index is 11.9. The minimum Gasteiger partial charge on any atom is -0.493 e. The first-order chi connectivity index (χ1) is 7.70. The van der Waals surface area contributed by atoms with Crippen molar-refractivity contribution in [2.45, 2.75) is 25.7 Å². The lowest BCUT2D eigenvalue weighted by Gasteiger charge is -2.04. The highest BCUT2D eigenvalue weighted by atomic mass is 16.5. The zero-order valence-electron chi connectivity index (χ0n) is 9.90. The molecule has 0 aliphatic rings. The van der Waals surface area contributed by atoms with Crippen LogP contribution in [0, 0.1) is 0 Å². The van der Waals surface area contributed by atoms with E-state index < -0.39 is 0 Å². The number of aryl methyl sites for hydroxylation is 1. The van der Waals surface area contributed by atoms with Crippen LogP contribution in [0.3, 0.4) is 0 Å². The van der Waals surface area contributed by atoms with Crippen molar-refractivity contribution in [2.75, 3.05) is 13.7 Å². The van der Waals surface area contributed by atoms with Gasteiger partial charge in [0.2, 0.25) is 0 Å². The van der Waals surface area contributed by atoms with Gasteiger partial charge in [0, 0.05) is 13.5 Å². The van der Waals surface area contributed by atoms with E-state index in [2.05, 4.69) is 5.10 Å². The van der Waals surface area contributed by atoms with Gasteiger partial charge in [-0.25, -0.2) is 0 Å². The fourth-order valence-corrected chi connectivity index (χ4v) is 1.61. The van der Waals surface area contributed by atoms with Gasteiger partial charge in [0.1, 0.15) is 5.69 Å². The van der Waals surface area contributed by atoms with Crippen molar-refractivity contribution in [1.29, 1.82) is 0 Å². The average Bonchev–Trinajstić information content (AvgIpc) is 2.65. The SMILES string of the molecule is COc1cnn(C)c1C(=O)CCCCCN. The molecule has 1 heterocycles. The van der Waals surface area contributed by atoms with Crippen molar-refractivity contribution in [2.24, 2.45) is 12.8 Å². The zero-order chi connectivity index (χ0) is 12.0. The highest BCUT2D eigenvalue weighted by Gasteiger charge is 2.16. The predicted octanol–water partition coefficient (Wildman–Crippen LogP) is 1.13. The Kier molecular flexibility index (Phi) is 4.98. The van der Waals surface area contributed by atoms with E-state index in [9.17, 15) is 4.79 Å². The average molecular weight is 225 g/mol. The lowest BCUT2D eigenvalue weighted by atomic mass is 10.1. The summed E-state index contributed by atoms with van der Waals surface area (Å²) in [4.78, 5) is 11.9. The Morgan fingerprint density at radius 3 is 2.88 bits per heavy atom. The second-order valence-electron chi connectivity index (χ2n) is 3.71. The van der Waals surface area contributed by atoms with E-state index in [1.807, 2.05) is 0 Å². The van der Waals surface area contributed by atoms with E-state index in [0.717, 1.165) is 19.3 Å². The van der Waals surface area contributed by atoms with Crippen LogP contribution in [0.25, 0.3) is 0 Å². The number of hydrogen-bond acceptors (Lipinski definition) is 4. The highest BCUT2D eigenvalue weighted by molar-refractivity contribution is 5.96. The van der Waals surface area contributed by atoms with Gasteiger partial charge >= 0.3 is 0 Å². The Bertz CT molecular complexity index is 347. The number of rotatable bonds is 7. The largest absolute Gasteiger partial charge is 0.493 e. The number of carbonyl (C=O) groups excluding carboxylic acids is 1. The van der Waals surface area contributed by atoms with E-state index in [1.165, 1.54) is 0 Å². The third-order valence-electron chi connectivity index (χ3n) is 2.50. The summed E-state index contributed by atoms with van der Waals surface area (Å²) in [5.74, 6) is 0.625.